The molecule has 0 unspecified atom stereocenters. The summed E-state index contributed by atoms with van der Waals surface area (Å²) < 4.78 is 11.6. The van der Waals surface area contributed by atoms with Crippen LogP contribution in [0.15, 0.2) is 78.1 Å². The molecule has 312 valence electrons. The summed E-state index contributed by atoms with van der Waals surface area (Å²) in [7, 11) is 4.75. The van der Waals surface area contributed by atoms with Crippen LogP contribution in [0.2, 0.25) is 0 Å². The third kappa shape index (κ3) is 12.3. The predicted octanol–water partition coefficient (Wildman–Crippen LogP) is 7.92. The molecule has 0 aromatic carbocycles. The number of hydrogen-bond acceptors (Lipinski definition) is 15. The Hall–Kier alpha value is -5.48. The Labute approximate surface area is 354 Å². The van der Waals surface area contributed by atoms with Crippen LogP contribution in [-0.4, -0.2) is 86.3 Å². The summed E-state index contributed by atoms with van der Waals surface area (Å²) in [5.41, 5.74) is 7.26. The molecule has 6 N–H and O–H groups in total. The number of anilines is 4. The van der Waals surface area contributed by atoms with Crippen molar-refractivity contribution in [1.82, 2.24) is 39.9 Å². The molecular formula is C43H56BrN13O2. The Balaban J connectivity index is 0.000000191. The van der Waals surface area contributed by atoms with Gasteiger partial charge >= 0.3 is 0 Å². The van der Waals surface area contributed by atoms with Gasteiger partial charge in [-0.3, -0.25) is 0 Å². The lowest BCUT2D eigenvalue weighted by Gasteiger charge is -2.29. The van der Waals surface area contributed by atoms with Crippen molar-refractivity contribution in [2.45, 2.75) is 76.8 Å². The minimum absolute atomic E-state index is 0.438. The fourth-order valence-corrected chi connectivity index (χ4v) is 7.65. The number of ether oxygens (including phenoxy) is 2. The zero-order valence-corrected chi connectivity index (χ0v) is 36.0. The number of nitrogens with zero attached hydrogens (tertiary/aromatic N) is 8. The van der Waals surface area contributed by atoms with Crippen molar-refractivity contribution in [3.8, 4) is 11.8 Å². The van der Waals surface area contributed by atoms with Crippen molar-refractivity contribution in [2.24, 2.45) is 17.6 Å². The van der Waals surface area contributed by atoms with Crippen LogP contribution in [0.4, 0.5) is 23.5 Å². The first-order chi connectivity index (χ1) is 29.0. The molecule has 0 amide bonds. The Morgan fingerprint density at radius 3 is 1.42 bits per heavy atom. The molecule has 6 heterocycles. The number of methoxy groups -OCH3 is 2. The Bertz CT molecular complexity index is 2180. The van der Waals surface area contributed by atoms with Crippen molar-refractivity contribution >= 4 is 61.3 Å². The van der Waals surface area contributed by atoms with Crippen molar-refractivity contribution in [3.05, 3.63) is 83.6 Å². The normalized spacial score (nSPS) is 18.7. The number of hydrogen-bond donors (Lipinski definition) is 5. The number of halogens is 1. The van der Waals surface area contributed by atoms with Gasteiger partial charge in [0.1, 0.15) is 22.7 Å². The van der Waals surface area contributed by atoms with Gasteiger partial charge in [0.05, 0.1) is 18.7 Å². The largest absolute Gasteiger partial charge is 0.479 e. The van der Waals surface area contributed by atoms with Crippen molar-refractivity contribution in [3.63, 3.8) is 0 Å². The highest BCUT2D eigenvalue weighted by atomic mass is 79.9. The second-order valence-electron chi connectivity index (χ2n) is 14.7. The molecule has 6 aromatic rings. The van der Waals surface area contributed by atoms with E-state index < -0.39 is 0 Å². The van der Waals surface area contributed by atoms with Gasteiger partial charge in [0.25, 0.3) is 0 Å². The summed E-state index contributed by atoms with van der Waals surface area (Å²) in [6.07, 6.45) is 21.0. The first kappa shape index (κ1) is 43.1. The third-order valence-corrected chi connectivity index (χ3v) is 11.2. The quantitative estimate of drug-likeness (QED) is 0.0750. The van der Waals surface area contributed by atoms with E-state index in [9.17, 15) is 0 Å². The van der Waals surface area contributed by atoms with Gasteiger partial charge in [-0.2, -0.15) is 0 Å². The molecule has 6 aromatic heterocycles. The number of aryl methyl sites for hydroxylation is 1. The molecule has 59 heavy (non-hydrogen) atoms. The molecule has 16 heteroatoms. The van der Waals surface area contributed by atoms with Gasteiger partial charge in [0.15, 0.2) is 0 Å². The molecule has 0 bridgehead atoms. The minimum Gasteiger partial charge on any atom is -0.479 e. The average Bonchev–Trinajstić information content (AvgIpc) is 3.29. The zero-order valence-electron chi connectivity index (χ0n) is 34.4. The maximum Gasteiger partial charge on any atom is 0.240 e. The van der Waals surface area contributed by atoms with Gasteiger partial charge in [0, 0.05) is 73.1 Å². The lowest BCUT2D eigenvalue weighted by molar-refractivity contribution is 0.350. The Kier molecular flexibility index (Phi) is 16.1. The molecule has 0 saturated heterocycles. The lowest BCUT2D eigenvalue weighted by atomic mass is 9.86. The van der Waals surface area contributed by atoms with Crippen LogP contribution in [-0.2, 0) is 6.42 Å². The van der Waals surface area contributed by atoms with Gasteiger partial charge in [0.2, 0.25) is 23.7 Å². The van der Waals surface area contributed by atoms with E-state index in [1.165, 1.54) is 32.7 Å². The summed E-state index contributed by atoms with van der Waals surface area (Å²) in [6.45, 7) is 3.94. The van der Waals surface area contributed by atoms with Crippen LogP contribution >= 0.6 is 15.9 Å². The molecular weight excluding hydrogens is 810 g/mol. The van der Waals surface area contributed by atoms with Gasteiger partial charge in [-0.25, -0.2) is 39.9 Å². The van der Waals surface area contributed by atoms with Crippen molar-refractivity contribution < 1.29 is 9.47 Å². The molecule has 8 rings (SSSR count). The summed E-state index contributed by atoms with van der Waals surface area (Å²) >= 11 is 3.35. The van der Waals surface area contributed by atoms with E-state index in [-0.39, 0.29) is 0 Å². The standard InChI is InChI=1S/C22H28N6O.C20H23BrN6O.CH5N/c1-3-15-12-24-22(25-13-15)26-14-16-4-7-18(8-5-16)27-19-9-6-17-10-11-23-21(29-2)20(17)28-19;1-28-19-18-14(8-9-22-19)4-7-17(27-18)26-16-5-2-13(3-6-16)10-23-20-24-11-15(21)12-25-20;1-2/h6,9-13,16,18H,3-5,7-8,14H2,1-2H3,(H,27,28)(H,24,25,26);4,7-9,11-13,16H,2-3,5-6,10H2,1H3,(H,26,27)(H,23,24,25);2H2,1H3. The van der Waals surface area contributed by atoms with Crippen LogP contribution in [0.5, 0.6) is 11.8 Å². The van der Waals surface area contributed by atoms with Gasteiger partial charge in [-0.15, -0.1) is 0 Å². The highest BCUT2D eigenvalue weighted by Crippen LogP contribution is 2.30. The molecule has 0 aliphatic heterocycles. The van der Waals surface area contributed by atoms with Crippen molar-refractivity contribution in [2.75, 3.05) is 55.6 Å². The van der Waals surface area contributed by atoms with E-state index in [1.807, 2.05) is 36.7 Å². The van der Waals surface area contributed by atoms with Gasteiger partial charge < -0.3 is 36.5 Å². The predicted molar refractivity (Wildman–Crippen MR) is 239 cm³/mol. The number of fused-ring (bicyclic) bond motifs is 2. The second kappa shape index (κ2) is 22.0. The SMILES string of the molecule is CCc1cnc(NCC2CCC(Nc3ccc4ccnc(OC)c4n3)CC2)nc1.CN.COc1nccc2ccc(NC3CCC(CNc4ncc(Br)cn4)CC3)nc12. The fourth-order valence-electron chi connectivity index (χ4n) is 7.45. The minimum atomic E-state index is 0.438. The fraction of sp³-hybridized carbons (Fsp3) is 0.442. The maximum absolute atomic E-state index is 5.34. The first-order valence-electron chi connectivity index (χ1n) is 20.4. The summed E-state index contributed by atoms with van der Waals surface area (Å²) in [5, 5.41) is 16.0. The van der Waals surface area contributed by atoms with Crippen LogP contribution < -0.4 is 36.5 Å². The number of pyridine rings is 4. The molecule has 15 nitrogen and oxygen atoms in total. The second-order valence-corrected chi connectivity index (χ2v) is 15.6. The van der Waals surface area contributed by atoms with E-state index in [1.54, 1.807) is 39.0 Å². The molecule has 2 aliphatic carbocycles. The van der Waals surface area contributed by atoms with Gasteiger partial charge in [-0.05, 0) is 135 Å². The zero-order chi connectivity index (χ0) is 41.4. The van der Waals surface area contributed by atoms with E-state index in [4.69, 9.17) is 19.4 Å². The van der Waals surface area contributed by atoms with E-state index >= 15 is 0 Å². The number of nitrogens with two attached hydrogens (primary N) is 1. The smallest absolute Gasteiger partial charge is 0.240 e. The van der Waals surface area contributed by atoms with Crippen molar-refractivity contribution in [1.29, 1.82) is 0 Å². The summed E-state index contributed by atoms with van der Waals surface area (Å²) in [5.74, 6) is 5.59. The van der Waals surface area contributed by atoms with E-state index in [2.05, 4.69) is 91.9 Å². The third-order valence-electron chi connectivity index (χ3n) is 10.8. The van der Waals surface area contributed by atoms with Crippen LogP contribution in [0, 0.1) is 11.8 Å². The molecule has 2 aliphatic rings. The average molecular weight is 867 g/mol. The Morgan fingerprint density at radius 1 is 0.593 bits per heavy atom. The van der Waals surface area contributed by atoms with Crippen LogP contribution in [0.25, 0.3) is 21.8 Å². The molecule has 0 spiro atoms. The van der Waals surface area contributed by atoms with Crippen LogP contribution in [0.1, 0.15) is 63.9 Å². The molecule has 2 saturated carbocycles. The Morgan fingerprint density at radius 2 is 1.02 bits per heavy atom. The highest BCUT2D eigenvalue weighted by molar-refractivity contribution is 9.10. The van der Waals surface area contributed by atoms with E-state index in [0.717, 1.165) is 94.6 Å². The summed E-state index contributed by atoms with van der Waals surface area (Å²) in [6, 6.07) is 13.0. The van der Waals surface area contributed by atoms with E-state index in [0.29, 0.717) is 41.6 Å². The molecule has 0 atom stereocenters. The lowest BCUT2D eigenvalue weighted by Crippen LogP contribution is -2.29. The highest BCUT2D eigenvalue weighted by Gasteiger charge is 2.23. The molecule has 0 radical (unpaired) electrons. The molecule has 2 fully saturated rings. The monoisotopic (exact) mass is 865 g/mol. The number of nitrogens with one attached hydrogen (secondary N) is 4. The number of rotatable bonds is 13. The van der Waals surface area contributed by atoms with Gasteiger partial charge in [-0.1, -0.05) is 6.92 Å². The first-order valence-corrected chi connectivity index (χ1v) is 21.2. The summed E-state index contributed by atoms with van der Waals surface area (Å²) in [4.78, 5) is 35.2. The van der Waals surface area contributed by atoms with Crippen LogP contribution in [0.3, 0.4) is 0 Å². The maximum atomic E-state index is 5.34. The topological polar surface area (TPSA) is 196 Å². The number of aromatic nitrogens is 8.